The minimum absolute atomic E-state index is 0.188. The van der Waals surface area contributed by atoms with Crippen LogP contribution in [0.15, 0.2) is 18.2 Å². The lowest BCUT2D eigenvalue weighted by Gasteiger charge is -2.16. The molecular weight excluding hydrogens is 252 g/mol. The summed E-state index contributed by atoms with van der Waals surface area (Å²) in [6, 6.07) is 3.55. The van der Waals surface area contributed by atoms with Gasteiger partial charge in [0.1, 0.15) is 11.6 Å². The fourth-order valence-corrected chi connectivity index (χ4v) is 2.58. The molecule has 0 bridgehead atoms. The van der Waals surface area contributed by atoms with Crippen molar-refractivity contribution in [3.05, 3.63) is 35.4 Å². The first-order valence-corrected chi connectivity index (χ1v) is 6.42. The van der Waals surface area contributed by atoms with E-state index in [-0.39, 0.29) is 6.42 Å². The zero-order valence-corrected chi connectivity index (χ0v) is 10.6. The SMILES string of the molecule is O=C(O)CCC1CCN(Cc2cc(F)cc(F)c2)C1. The van der Waals surface area contributed by atoms with Gasteiger partial charge in [-0.25, -0.2) is 8.78 Å². The normalized spacial score (nSPS) is 19.8. The van der Waals surface area contributed by atoms with E-state index < -0.39 is 17.6 Å². The van der Waals surface area contributed by atoms with Crippen LogP contribution in [-0.4, -0.2) is 29.1 Å². The Kier molecular flexibility index (Phi) is 4.47. The second-order valence-electron chi connectivity index (χ2n) is 5.10. The van der Waals surface area contributed by atoms with E-state index in [9.17, 15) is 13.6 Å². The number of hydrogen-bond acceptors (Lipinski definition) is 2. The van der Waals surface area contributed by atoms with Crippen molar-refractivity contribution in [2.45, 2.75) is 25.8 Å². The van der Waals surface area contributed by atoms with Gasteiger partial charge in [-0.05, 0) is 43.0 Å². The van der Waals surface area contributed by atoms with E-state index in [0.29, 0.717) is 24.4 Å². The quantitative estimate of drug-likeness (QED) is 0.893. The number of halogens is 2. The third-order valence-electron chi connectivity index (χ3n) is 3.46. The maximum Gasteiger partial charge on any atom is 0.303 e. The first kappa shape index (κ1) is 13.9. The first-order valence-electron chi connectivity index (χ1n) is 6.42. The van der Waals surface area contributed by atoms with E-state index in [1.165, 1.54) is 12.1 Å². The monoisotopic (exact) mass is 269 g/mol. The molecule has 104 valence electrons. The molecule has 0 spiro atoms. The molecule has 1 N–H and O–H groups in total. The molecule has 1 aromatic carbocycles. The Labute approximate surface area is 110 Å². The fraction of sp³-hybridized carbons (Fsp3) is 0.500. The van der Waals surface area contributed by atoms with Gasteiger partial charge in [-0.3, -0.25) is 9.69 Å². The van der Waals surface area contributed by atoms with Crippen LogP contribution >= 0.6 is 0 Å². The third-order valence-corrected chi connectivity index (χ3v) is 3.46. The van der Waals surface area contributed by atoms with Gasteiger partial charge in [-0.15, -0.1) is 0 Å². The Morgan fingerprint density at radius 3 is 2.63 bits per heavy atom. The standard InChI is InChI=1S/C14H17F2NO2/c15-12-5-11(6-13(16)7-12)9-17-4-3-10(8-17)1-2-14(18)19/h5-7,10H,1-4,8-9H2,(H,18,19). The van der Waals surface area contributed by atoms with Crippen molar-refractivity contribution >= 4 is 5.97 Å². The molecule has 0 amide bonds. The number of carbonyl (C=O) groups is 1. The molecule has 0 aromatic heterocycles. The summed E-state index contributed by atoms with van der Waals surface area (Å²) < 4.78 is 26.1. The lowest BCUT2D eigenvalue weighted by Crippen LogP contribution is -2.20. The third kappa shape index (κ3) is 4.28. The van der Waals surface area contributed by atoms with Crippen molar-refractivity contribution in [3.8, 4) is 0 Å². The summed E-state index contributed by atoms with van der Waals surface area (Å²) in [7, 11) is 0. The fourth-order valence-electron chi connectivity index (χ4n) is 2.58. The maximum absolute atomic E-state index is 13.1. The van der Waals surface area contributed by atoms with Gasteiger partial charge in [-0.2, -0.15) is 0 Å². The molecule has 0 radical (unpaired) electrons. The molecule has 1 saturated heterocycles. The Morgan fingerprint density at radius 1 is 1.32 bits per heavy atom. The number of carboxylic acids is 1. The average molecular weight is 269 g/mol. The van der Waals surface area contributed by atoms with Gasteiger partial charge in [0, 0.05) is 25.6 Å². The predicted molar refractivity (Wildman–Crippen MR) is 66.6 cm³/mol. The predicted octanol–water partition coefficient (Wildman–Crippen LogP) is 2.65. The Balaban J connectivity index is 1.86. The van der Waals surface area contributed by atoms with Gasteiger partial charge < -0.3 is 5.11 Å². The number of carboxylic acid groups (broad SMARTS) is 1. The van der Waals surface area contributed by atoms with Crippen LogP contribution in [0.1, 0.15) is 24.8 Å². The van der Waals surface area contributed by atoms with Crippen molar-refractivity contribution < 1.29 is 18.7 Å². The molecule has 1 heterocycles. The Hall–Kier alpha value is -1.49. The highest BCUT2D eigenvalue weighted by Gasteiger charge is 2.23. The van der Waals surface area contributed by atoms with Crippen LogP contribution in [0.3, 0.4) is 0 Å². The van der Waals surface area contributed by atoms with E-state index in [0.717, 1.165) is 25.6 Å². The van der Waals surface area contributed by atoms with E-state index in [4.69, 9.17) is 5.11 Å². The topological polar surface area (TPSA) is 40.5 Å². The molecule has 1 atom stereocenters. The van der Waals surface area contributed by atoms with Crippen LogP contribution in [0.25, 0.3) is 0 Å². The second-order valence-corrected chi connectivity index (χ2v) is 5.10. The summed E-state index contributed by atoms with van der Waals surface area (Å²) in [5.41, 5.74) is 0.622. The summed E-state index contributed by atoms with van der Waals surface area (Å²) in [4.78, 5) is 12.6. The zero-order valence-electron chi connectivity index (χ0n) is 10.6. The highest BCUT2D eigenvalue weighted by atomic mass is 19.1. The number of rotatable bonds is 5. The van der Waals surface area contributed by atoms with Gasteiger partial charge >= 0.3 is 5.97 Å². The van der Waals surface area contributed by atoms with E-state index in [1.54, 1.807) is 0 Å². The van der Waals surface area contributed by atoms with Gasteiger partial charge in [0.15, 0.2) is 0 Å². The van der Waals surface area contributed by atoms with Crippen molar-refractivity contribution in [3.63, 3.8) is 0 Å². The zero-order chi connectivity index (χ0) is 13.8. The van der Waals surface area contributed by atoms with E-state index in [2.05, 4.69) is 4.90 Å². The molecule has 1 unspecified atom stereocenters. The molecule has 1 aliphatic heterocycles. The lowest BCUT2D eigenvalue weighted by atomic mass is 10.0. The number of benzene rings is 1. The summed E-state index contributed by atoms with van der Waals surface area (Å²) in [6.45, 7) is 2.16. The second kappa shape index (κ2) is 6.10. The summed E-state index contributed by atoms with van der Waals surface area (Å²) in [6.07, 6.45) is 1.81. The van der Waals surface area contributed by atoms with Gasteiger partial charge in [0.25, 0.3) is 0 Å². The van der Waals surface area contributed by atoms with Crippen LogP contribution in [0, 0.1) is 17.6 Å². The minimum Gasteiger partial charge on any atom is -0.481 e. The molecular formula is C14H17F2NO2. The van der Waals surface area contributed by atoms with Gasteiger partial charge in [0.05, 0.1) is 0 Å². The van der Waals surface area contributed by atoms with Crippen LogP contribution in [0.2, 0.25) is 0 Å². The molecule has 1 fully saturated rings. The molecule has 19 heavy (non-hydrogen) atoms. The molecule has 1 aromatic rings. The minimum atomic E-state index is -0.773. The molecule has 3 nitrogen and oxygen atoms in total. The smallest absolute Gasteiger partial charge is 0.303 e. The molecule has 1 aliphatic rings. The Bertz CT molecular complexity index is 445. The highest BCUT2D eigenvalue weighted by molar-refractivity contribution is 5.66. The highest BCUT2D eigenvalue weighted by Crippen LogP contribution is 2.23. The van der Waals surface area contributed by atoms with Gasteiger partial charge in [-0.1, -0.05) is 0 Å². The molecule has 2 rings (SSSR count). The summed E-state index contributed by atoms with van der Waals surface area (Å²) in [5.74, 6) is -1.52. The Morgan fingerprint density at radius 2 is 2.00 bits per heavy atom. The van der Waals surface area contributed by atoms with Crippen LogP contribution in [0.4, 0.5) is 8.78 Å². The van der Waals surface area contributed by atoms with Crippen molar-refractivity contribution in [1.29, 1.82) is 0 Å². The lowest BCUT2D eigenvalue weighted by molar-refractivity contribution is -0.137. The maximum atomic E-state index is 13.1. The molecule has 0 saturated carbocycles. The summed E-state index contributed by atoms with van der Waals surface area (Å²) >= 11 is 0. The van der Waals surface area contributed by atoms with Crippen molar-refractivity contribution in [2.24, 2.45) is 5.92 Å². The number of aliphatic carboxylic acids is 1. The number of nitrogens with zero attached hydrogens (tertiary/aromatic N) is 1. The van der Waals surface area contributed by atoms with E-state index in [1.807, 2.05) is 0 Å². The average Bonchev–Trinajstić information content (AvgIpc) is 2.72. The van der Waals surface area contributed by atoms with E-state index >= 15 is 0 Å². The number of hydrogen-bond donors (Lipinski definition) is 1. The van der Waals surface area contributed by atoms with Gasteiger partial charge in [0.2, 0.25) is 0 Å². The van der Waals surface area contributed by atoms with Crippen molar-refractivity contribution in [1.82, 2.24) is 4.90 Å². The number of likely N-dealkylation sites (tertiary alicyclic amines) is 1. The van der Waals surface area contributed by atoms with Crippen LogP contribution < -0.4 is 0 Å². The molecule has 5 heteroatoms. The first-order chi connectivity index (χ1) is 9.02. The summed E-state index contributed by atoms with van der Waals surface area (Å²) in [5, 5.41) is 8.64. The van der Waals surface area contributed by atoms with Crippen molar-refractivity contribution in [2.75, 3.05) is 13.1 Å². The van der Waals surface area contributed by atoms with Crippen LogP contribution in [0.5, 0.6) is 0 Å². The largest absolute Gasteiger partial charge is 0.481 e. The molecule has 0 aliphatic carbocycles. The van der Waals surface area contributed by atoms with Crippen LogP contribution in [-0.2, 0) is 11.3 Å².